The summed E-state index contributed by atoms with van der Waals surface area (Å²) in [5.74, 6) is 3.05. The zero-order valence-corrected chi connectivity index (χ0v) is 27.5. The maximum atomic E-state index is 11.7. The van der Waals surface area contributed by atoms with Crippen molar-refractivity contribution in [2.24, 2.45) is 39.9 Å². The molecule has 0 spiro atoms. The van der Waals surface area contributed by atoms with Crippen LogP contribution in [-0.2, 0) is 14.0 Å². The highest BCUT2D eigenvalue weighted by Crippen LogP contribution is 2.72. The summed E-state index contributed by atoms with van der Waals surface area (Å²) in [4.78, 5) is 11.7. The number of hydrogen-bond acceptors (Lipinski definition) is 3. The lowest BCUT2D eigenvalue weighted by atomic mass is 9.41. The smallest absolute Gasteiger partial charge is 0.305 e. The van der Waals surface area contributed by atoms with Crippen LogP contribution in [0, 0.1) is 39.9 Å². The first-order chi connectivity index (χ1) is 17.7. The number of methoxy groups -OCH3 is 1. The minimum absolute atomic E-state index is 0.0567. The number of rotatable bonds is 8. The van der Waals surface area contributed by atoms with Gasteiger partial charge in [-0.25, -0.2) is 0 Å². The highest BCUT2D eigenvalue weighted by atomic mass is 28.3. The van der Waals surface area contributed by atoms with E-state index >= 15 is 0 Å². The second-order valence-corrected chi connectivity index (χ2v) is 19.5. The van der Waals surface area contributed by atoms with Crippen molar-refractivity contribution in [3.05, 3.63) is 11.6 Å². The van der Waals surface area contributed by atoms with Crippen LogP contribution in [0.4, 0.5) is 0 Å². The first-order valence-corrected chi connectivity index (χ1v) is 17.5. The van der Waals surface area contributed by atoms with Crippen molar-refractivity contribution in [1.82, 2.24) is 0 Å². The maximum Gasteiger partial charge on any atom is 0.305 e. The monoisotopic (exact) mass is 543 g/mol. The van der Waals surface area contributed by atoms with Crippen molar-refractivity contribution in [2.75, 3.05) is 7.11 Å². The minimum Gasteiger partial charge on any atom is -0.469 e. The number of hydrogen-bond donors (Lipinski definition) is 0. The number of allylic oxidation sites excluding steroid dienone is 1. The molecule has 0 aromatic carbocycles. The predicted octanol–water partition coefficient (Wildman–Crippen LogP) is 9.52. The molecule has 3 fully saturated rings. The van der Waals surface area contributed by atoms with E-state index in [9.17, 15) is 4.79 Å². The second kappa shape index (κ2) is 11.0. The van der Waals surface area contributed by atoms with Gasteiger partial charge in [0.2, 0.25) is 9.04 Å². The fraction of sp³-hybridized carbons (Fsp3) is 0.912. The van der Waals surface area contributed by atoms with E-state index in [1.54, 1.807) is 5.57 Å². The standard InChI is InChI=1S/C34H59O3Si/c1-23(2)38(31(4,5)6)37-26-17-20-32(7)25(22-26)16-19-34(9)28-15-14-27(33(28,8)21-18-29(32)34)24(3)12-11-13-30(35)36-10/h16,23-24,26-29H,11-15,17-22H2,1-10H3/t24-,26+,27-,28-,29-,32+,33-,34+/m1/s1. The molecule has 1 radical (unpaired) electrons. The fourth-order valence-corrected chi connectivity index (χ4v) is 13.5. The van der Waals surface area contributed by atoms with Crippen LogP contribution < -0.4 is 0 Å². The summed E-state index contributed by atoms with van der Waals surface area (Å²) in [7, 11) is 0.640. The Labute approximate surface area is 237 Å². The lowest BCUT2D eigenvalue weighted by molar-refractivity contribution is -0.140. The molecule has 3 nitrogen and oxygen atoms in total. The van der Waals surface area contributed by atoms with Gasteiger partial charge < -0.3 is 9.16 Å². The van der Waals surface area contributed by atoms with Gasteiger partial charge in [-0.1, -0.05) is 74.0 Å². The van der Waals surface area contributed by atoms with E-state index in [-0.39, 0.29) is 11.0 Å². The van der Waals surface area contributed by atoms with Gasteiger partial charge in [0.25, 0.3) is 0 Å². The topological polar surface area (TPSA) is 35.5 Å². The summed E-state index contributed by atoms with van der Waals surface area (Å²) < 4.78 is 11.9. The van der Waals surface area contributed by atoms with E-state index in [1.807, 2.05) is 0 Å². The number of ether oxygens (including phenoxy) is 1. The van der Waals surface area contributed by atoms with Gasteiger partial charge in [-0.2, -0.15) is 0 Å². The number of carbonyl (C=O) groups excluding carboxylic acids is 1. The maximum absolute atomic E-state index is 11.7. The molecule has 0 N–H and O–H groups in total. The molecule has 0 amide bonds. The minimum atomic E-state index is -0.867. The zero-order valence-electron chi connectivity index (χ0n) is 26.5. The summed E-state index contributed by atoms with van der Waals surface area (Å²) in [6.45, 7) is 22.3. The van der Waals surface area contributed by atoms with Gasteiger partial charge in [0.15, 0.2) is 0 Å². The second-order valence-electron chi connectivity index (χ2n) is 15.9. The molecular formula is C34H59O3Si. The van der Waals surface area contributed by atoms with E-state index in [0.717, 1.165) is 30.6 Å². The molecule has 0 aromatic heterocycles. The molecule has 4 aliphatic rings. The van der Waals surface area contributed by atoms with Gasteiger partial charge in [0.1, 0.15) is 0 Å². The van der Waals surface area contributed by atoms with Crippen molar-refractivity contribution in [2.45, 2.75) is 150 Å². The Kier molecular flexibility index (Phi) is 8.78. The average molecular weight is 544 g/mol. The summed E-state index contributed by atoms with van der Waals surface area (Å²) in [6.07, 6.45) is 16.3. The van der Waals surface area contributed by atoms with Crippen LogP contribution in [0.1, 0.15) is 133 Å². The highest BCUT2D eigenvalue weighted by molar-refractivity contribution is 6.56. The Balaban J connectivity index is 1.48. The molecule has 217 valence electrons. The quantitative estimate of drug-likeness (QED) is 0.174. The number of esters is 1. The largest absolute Gasteiger partial charge is 0.469 e. The van der Waals surface area contributed by atoms with Crippen molar-refractivity contribution in [3.8, 4) is 0 Å². The lowest BCUT2D eigenvalue weighted by Crippen LogP contribution is -2.56. The first-order valence-electron chi connectivity index (χ1n) is 16.0. The molecule has 0 unspecified atom stereocenters. The summed E-state index contributed by atoms with van der Waals surface area (Å²) in [5.41, 5.74) is 3.60. The molecule has 4 heteroatoms. The van der Waals surface area contributed by atoms with Gasteiger partial charge in [-0.3, -0.25) is 4.79 Å². The van der Waals surface area contributed by atoms with Gasteiger partial charge in [-0.05, 0) is 115 Å². The van der Waals surface area contributed by atoms with E-state index in [1.165, 1.54) is 58.5 Å². The number of carbonyl (C=O) groups is 1. The Morgan fingerprint density at radius 3 is 2.37 bits per heavy atom. The SMILES string of the molecule is COC(=O)CCC[C@@H](C)[C@H]1CC[C@@H]2[C@]1(C)CC[C@H]1[C@@]2(C)CC=C2C[C@@H](O[Si](C(C)C)C(C)(C)C)CC[C@@]21C. The van der Waals surface area contributed by atoms with Crippen LogP contribution in [0.5, 0.6) is 0 Å². The third-order valence-electron chi connectivity index (χ3n) is 12.2. The van der Waals surface area contributed by atoms with Crippen LogP contribution >= 0.6 is 0 Å². The van der Waals surface area contributed by atoms with Crippen molar-refractivity contribution in [1.29, 1.82) is 0 Å². The molecule has 0 heterocycles. The van der Waals surface area contributed by atoms with E-state index in [4.69, 9.17) is 9.16 Å². The van der Waals surface area contributed by atoms with Crippen LogP contribution in [-0.4, -0.2) is 28.2 Å². The lowest BCUT2D eigenvalue weighted by Gasteiger charge is -2.63. The van der Waals surface area contributed by atoms with Gasteiger partial charge >= 0.3 is 5.97 Å². The third kappa shape index (κ3) is 5.36. The molecule has 3 saturated carbocycles. The highest BCUT2D eigenvalue weighted by Gasteiger charge is 2.64. The zero-order chi connectivity index (χ0) is 28.1. The fourth-order valence-electron chi connectivity index (χ4n) is 10.6. The van der Waals surface area contributed by atoms with E-state index in [0.29, 0.717) is 40.2 Å². The van der Waals surface area contributed by atoms with Gasteiger partial charge in [-0.15, -0.1) is 0 Å². The van der Waals surface area contributed by atoms with Gasteiger partial charge in [0, 0.05) is 12.5 Å². The summed E-state index contributed by atoms with van der Waals surface area (Å²) in [6, 6.07) is 0. The van der Waals surface area contributed by atoms with Gasteiger partial charge in [0.05, 0.1) is 7.11 Å². The molecule has 0 saturated heterocycles. The molecule has 0 bridgehead atoms. The molecular weight excluding hydrogens is 484 g/mol. The van der Waals surface area contributed by atoms with E-state index in [2.05, 4.69) is 68.4 Å². The van der Waals surface area contributed by atoms with Crippen LogP contribution in [0.2, 0.25) is 10.6 Å². The van der Waals surface area contributed by atoms with Crippen molar-refractivity contribution >= 4 is 15.0 Å². The predicted molar refractivity (Wildman–Crippen MR) is 160 cm³/mol. The number of fused-ring (bicyclic) bond motifs is 5. The molecule has 4 rings (SSSR count). The van der Waals surface area contributed by atoms with Crippen LogP contribution in [0.15, 0.2) is 11.6 Å². The Morgan fingerprint density at radius 1 is 1.03 bits per heavy atom. The molecule has 8 atom stereocenters. The van der Waals surface area contributed by atoms with E-state index < -0.39 is 9.04 Å². The van der Waals surface area contributed by atoms with Crippen LogP contribution in [0.3, 0.4) is 0 Å². The average Bonchev–Trinajstić information content (AvgIpc) is 3.19. The Morgan fingerprint density at radius 2 is 1.74 bits per heavy atom. The molecule has 38 heavy (non-hydrogen) atoms. The van der Waals surface area contributed by atoms with Crippen LogP contribution in [0.25, 0.3) is 0 Å². The summed E-state index contributed by atoms with van der Waals surface area (Å²) in [5, 5.41) is 0.280. The molecule has 0 aromatic rings. The Bertz CT molecular complexity index is 889. The first kappa shape index (κ1) is 30.3. The summed E-state index contributed by atoms with van der Waals surface area (Å²) >= 11 is 0. The third-order valence-corrected chi connectivity index (χ3v) is 15.3. The Hall–Kier alpha value is -0.613. The van der Waals surface area contributed by atoms with Crippen molar-refractivity contribution in [3.63, 3.8) is 0 Å². The normalized spacial score (nSPS) is 39.8. The molecule has 0 aliphatic heterocycles. The van der Waals surface area contributed by atoms with Crippen molar-refractivity contribution < 1.29 is 14.0 Å². The molecule has 4 aliphatic carbocycles.